The largest absolute Gasteiger partial charge is 0.375 e. The molecule has 2 fully saturated rings. The highest BCUT2D eigenvalue weighted by Gasteiger charge is 2.28. The molecular formula is C13H25NO. The summed E-state index contributed by atoms with van der Waals surface area (Å²) in [5.41, 5.74) is 5.77. The number of ether oxygens (including phenoxy) is 1. The van der Waals surface area contributed by atoms with Crippen molar-refractivity contribution >= 4 is 0 Å². The Hall–Kier alpha value is -0.0800. The molecule has 0 saturated heterocycles. The Bertz CT molecular complexity index is 167. The molecule has 2 heteroatoms. The average Bonchev–Trinajstić information content (AvgIpc) is 2.29. The second-order valence-corrected chi connectivity index (χ2v) is 5.31. The number of nitrogens with two attached hydrogens (primary N) is 1. The normalized spacial score (nSPS) is 35.0. The van der Waals surface area contributed by atoms with Crippen LogP contribution < -0.4 is 5.73 Å². The van der Waals surface area contributed by atoms with Crippen LogP contribution in [0.3, 0.4) is 0 Å². The van der Waals surface area contributed by atoms with Gasteiger partial charge in [0.25, 0.3) is 0 Å². The van der Waals surface area contributed by atoms with E-state index < -0.39 is 0 Å². The van der Waals surface area contributed by atoms with Crippen molar-refractivity contribution < 1.29 is 4.74 Å². The van der Waals surface area contributed by atoms with Crippen molar-refractivity contribution in [2.24, 2.45) is 5.73 Å². The van der Waals surface area contributed by atoms with E-state index in [4.69, 9.17) is 10.5 Å². The van der Waals surface area contributed by atoms with E-state index in [0.717, 1.165) is 12.8 Å². The Kier molecular flexibility index (Phi) is 4.45. The predicted molar refractivity (Wildman–Crippen MR) is 62.8 cm³/mol. The summed E-state index contributed by atoms with van der Waals surface area (Å²) in [7, 11) is 0. The van der Waals surface area contributed by atoms with Crippen LogP contribution in [0.5, 0.6) is 0 Å². The zero-order valence-electron chi connectivity index (χ0n) is 9.79. The van der Waals surface area contributed by atoms with Crippen LogP contribution in [0.4, 0.5) is 0 Å². The van der Waals surface area contributed by atoms with Crippen LogP contribution in [0.25, 0.3) is 0 Å². The first-order chi connectivity index (χ1) is 7.34. The molecule has 0 heterocycles. The molecule has 2 N–H and O–H groups in total. The summed E-state index contributed by atoms with van der Waals surface area (Å²) in [5, 5.41) is 0. The number of rotatable bonds is 2. The molecule has 0 amide bonds. The van der Waals surface area contributed by atoms with Gasteiger partial charge in [0.05, 0.1) is 12.2 Å². The summed E-state index contributed by atoms with van der Waals surface area (Å²) < 4.78 is 6.11. The zero-order valence-corrected chi connectivity index (χ0v) is 9.79. The zero-order chi connectivity index (χ0) is 10.5. The fourth-order valence-electron chi connectivity index (χ4n) is 2.72. The summed E-state index contributed by atoms with van der Waals surface area (Å²) >= 11 is 0. The fourth-order valence-corrected chi connectivity index (χ4v) is 2.72. The van der Waals surface area contributed by atoms with Gasteiger partial charge in [-0.3, -0.25) is 0 Å². The lowest BCUT2D eigenvalue weighted by molar-refractivity contribution is -0.0657. The molecule has 2 saturated carbocycles. The van der Waals surface area contributed by atoms with Crippen LogP contribution in [0, 0.1) is 0 Å². The van der Waals surface area contributed by atoms with E-state index in [9.17, 15) is 0 Å². The van der Waals surface area contributed by atoms with Crippen molar-refractivity contribution in [3.8, 4) is 0 Å². The lowest BCUT2D eigenvalue weighted by Crippen LogP contribution is -2.43. The van der Waals surface area contributed by atoms with Crippen molar-refractivity contribution in [3.05, 3.63) is 0 Å². The molecule has 2 aliphatic rings. The highest BCUT2D eigenvalue weighted by Crippen LogP contribution is 2.27. The third-order valence-corrected chi connectivity index (χ3v) is 3.82. The van der Waals surface area contributed by atoms with Gasteiger partial charge in [-0.2, -0.15) is 0 Å². The Morgan fingerprint density at radius 3 is 1.80 bits per heavy atom. The molecule has 0 bridgehead atoms. The summed E-state index contributed by atoms with van der Waals surface area (Å²) in [5.74, 6) is 0. The van der Waals surface area contributed by atoms with Gasteiger partial charge in [-0.1, -0.05) is 38.5 Å². The second kappa shape index (κ2) is 5.86. The maximum atomic E-state index is 6.11. The van der Waals surface area contributed by atoms with Crippen molar-refractivity contribution in [1.29, 1.82) is 0 Å². The topological polar surface area (TPSA) is 35.2 Å². The molecule has 0 spiro atoms. The highest BCUT2D eigenvalue weighted by molar-refractivity contribution is 4.84. The summed E-state index contributed by atoms with van der Waals surface area (Å²) in [6.07, 6.45) is 14.2. The van der Waals surface area contributed by atoms with Crippen LogP contribution in [-0.2, 0) is 4.74 Å². The first kappa shape index (κ1) is 11.4. The van der Waals surface area contributed by atoms with Gasteiger partial charge in [0, 0.05) is 6.04 Å². The quantitative estimate of drug-likeness (QED) is 0.762. The fraction of sp³-hybridized carbons (Fsp3) is 1.00. The van der Waals surface area contributed by atoms with Crippen LogP contribution in [0.15, 0.2) is 0 Å². The first-order valence-corrected chi connectivity index (χ1v) is 6.75. The highest BCUT2D eigenvalue weighted by atomic mass is 16.5. The molecule has 0 aromatic heterocycles. The first-order valence-electron chi connectivity index (χ1n) is 6.75. The monoisotopic (exact) mass is 211 g/mol. The average molecular weight is 211 g/mol. The van der Waals surface area contributed by atoms with E-state index in [1.165, 1.54) is 51.4 Å². The molecule has 0 aromatic rings. The van der Waals surface area contributed by atoms with E-state index >= 15 is 0 Å². The summed E-state index contributed by atoms with van der Waals surface area (Å²) in [6, 6.07) is 0.423. The van der Waals surface area contributed by atoms with Gasteiger partial charge in [0.1, 0.15) is 0 Å². The van der Waals surface area contributed by atoms with Gasteiger partial charge in [-0.05, 0) is 25.7 Å². The summed E-state index contributed by atoms with van der Waals surface area (Å²) in [6.45, 7) is 0. The predicted octanol–water partition coefficient (Wildman–Crippen LogP) is 3.00. The van der Waals surface area contributed by atoms with Crippen molar-refractivity contribution in [1.82, 2.24) is 0 Å². The third kappa shape index (κ3) is 3.76. The molecule has 15 heavy (non-hydrogen) atoms. The maximum absolute atomic E-state index is 6.11. The van der Waals surface area contributed by atoms with Crippen molar-refractivity contribution in [3.63, 3.8) is 0 Å². The number of hydrogen-bond acceptors (Lipinski definition) is 2. The standard InChI is InChI=1S/C13H25NO/c14-11-9-13(10-11)15-12-7-5-3-1-2-4-6-8-12/h11-13H,1-10,14H2. The molecular weight excluding hydrogens is 186 g/mol. The Morgan fingerprint density at radius 2 is 1.27 bits per heavy atom. The van der Waals surface area contributed by atoms with Crippen LogP contribution in [0.2, 0.25) is 0 Å². The van der Waals surface area contributed by atoms with E-state index in [-0.39, 0.29) is 0 Å². The molecule has 2 nitrogen and oxygen atoms in total. The second-order valence-electron chi connectivity index (χ2n) is 5.31. The van der Waals surface area contributed by atoms with Gasteiger partial charge in [-0.15, -0.1) is 0 Å². The number of hydrogen-bond donors (Lipinski definition) is 1. The minimum atomic E-state index is 0.423. The van der Waals surface area contributed by atoms with Gasteiger partial charge in [-0.25, -0.2) is 0 Å². The molecule has 0 aromatic carbocycles. The van der Waals surface area contributed by atoms with Crippen LogP contribution >= 0.6 is 0 Å². The molecule has 0 radical (unpaired) electrons. The van der Waals surface area contributed by atoms with Crippen molar-refractivity contribution in [2.75, 3.05) is 0 Å². The van der Waals surface area contributed by atoms with Crippen LogP contribution in [-0.4, -0.2) is 18.2 Å². The molecule has 2 rings (SSSR count). The minimum Gasteiger partial charge on any atom is -0.375 e. The van der Waals surface area contributed by atoms with Gasteiger partial charge in [0.2, 0.25) is 0 Å². The smallest absolute Gasteiger partial charge is 0.0608 e. The molecule has 88 valence electrons. The van der Waals surface area contributed by atoms with Gasteiger partial charge in [0.15, 0.2) is 0 Å². The van der Waals surface area contributed by atoms with Crippen molar-refractivity contribution in [2.45, 2.75) is 82.5 Å². The van der Waals surface area contributed by atoms with Crippen LogP contribution in [0.1, 0.15) is 64.2 Å². The van der Waals surface area contributed by atoms with E-state index in [2.05, 4.69) is 0 Å². The lowest BCUT2D eigenvalue weighted by atomic mass is 9.90. The lowest BCUT2D eigenvalue weighted by Gasteiger charge is -2.35. The SMILES string of the molecule is NC1CC(OC2CCCCCCCC2)C1. The Balaban J connectivity index is 1.68. The molecule has 0 atom stereocenters. The van der Waals surface area contributed by atoms with E-state index in [1.807, 2.05) is 0 Å². The minimum absolute atomic E-state index is 0.423. The maximum Gasteiger partial charge on any atom is 0.0608 e. The Morgan fingerprint density at radius 1 is 0.733 bits per heavy atom. The van der Waals surface area contributed by atoms with Gasteiger partial charge >= 0.3 is 0 Å². The third-order valence-electron chi connectivity index (χ3n) is 3.82. The molecule has 0 unspecified atom stereocenters. The summed E-state index contributed by atoms with van der Waals surface area (Å²) in [4.78, 5) is 0. The molecule has 0 aliphatic heterocycles. The Labute approximate surface area is 93.6 Å². The van der Waals surface area contributed by atoms with Gasteiger partial charge < -0.3 is 10.5 Å². The van der Waals surface area contributed by atoms with E-state index in [0.29, 0.717) is 18.2 Å². The van der Waals surface area contributed by atoms with E-state index in [1.54, 1.807) is 0 Å². The molecule has 2 aliphatic carbocycles.